The Morgan fingerprint density at radius 1 is 1.19 bits per heavy atom. The fraction of sp³-hybridized carbons (Fsp3) is 0.579. The molecular weight excluding hydrogens is 344 g/mol. The Kier molecular flexibility index (Phi) is 5.07. The number of aromatic amines is 1. The van der Waals surface area contributed by atoms with Crippen molar-refractivity contribution >= 4 is 5.91 Å². The second kappa shape index (κ2) is 7.64. The van der Waals surface area contributed by atoms with Crippen LogP contribution in [0.15, 0.2) is 23.1 Å². The zero-order chi connectivity index (χ0) is 18.8. The van der Waals surface area contributed by atoms with Gasteiger partial charge in [-0.1, -0.05) is 0 Å². The molecule has 0 saturated carbocycles. The highest BCUT2D eigenvalue weighted by atomic mass is 16.2. The van der Waals surface area contributed by atoms with Gasteiger partial charge >= 0.3 is 0 Å². The van der Waals surface area contributed by atoms with Crippen LogP contribution in [0.5, 0.6) is 0 Å². The molecule has 4 heterocycles. The molecule has 1 atom stereocenters. The maximum Gasteiger partial charge on any atom is 0.255 e. The van der Waals surface area contributed by atoms with Crippen LogP contribution in [-0.4, -0.2) is 61.6 Å². The predicted molar refractivity (Wildman–Crippen MR) is 100 cm³/mol. The number of hydrogen-bond acceptors (Lipinski definition) is 5. The molecule has 2 fully saturated rings. The minimum Gasteiger partial charge on any atom is -0.338 e. The highest BCUT2D eigenvalue weighted by Gasteiger charge is 2.29. The van der Waals surface area contributed by atoms with Gasteiger partial charge in [-0.15, -0.1) is 10.2 Å². The number of pyridine rings is 1. The molecule has 0 radical (unpaired) electrons. The van der Waals surface area contributed by atoms with Gasteiger partial charge in [0, 0.05) is 38.3 Å². The van der Waals surface area contributed by atoms with E-state index in [-0.39, 0.29) is 17.4 Å². The van der Waals surface area contributed by atoms with Crippen LogP contribution in [0.3, 0.4) is 0 Å². The van der Waals surface area contributed by atoms with Crippen molar-refractivity contribution in [2.45, 2.75) is 38.1 Å². The summed E-state index contributed by atoms with van der Waals surface area (Å²) in [4.78, 5) is 30.8. The first-order chi connectivity index (χ1) is 13.1. The van der Waals surface area contributed by atoms with E-state index in [0.29, 0.717) is 12.1 Å². The fourth-order valence-corrected chi connectivity index (χ4v) is 4.11. The van der Waals surface area contributed by atoms with E-state index in [2.05, 4.69) is 24.6 Å². The Hall–Kier alpha value is -2.48. The first kappa shape index (κ1) is 17.9. The van der Waals surface area contributed by atoms with Crippen molar-refractivity contribution in [3.8, 4) is 0 Å². The van der Waals surface area contributed by atoms with Crippen LogP contribution in [0.2, 0.25) is 0 Å². The number of amides is 1. The number of carbonyl (C=O) groups excluding carboxylic acids is 1. The number of nitrogens with one attached hydrogen (secondary N) is 1. The van der Waals surface area contributed by atoms with Crippen molar-refractivity contribution in [2.24, 2.45) is 7.05 Å². The number of hydrogen-bond donors (Lipinski definition) is 1. The first-order valence-electron chi connectivity index (χ1n) is 9.70. The summed E-state index contributed by atoms with van der Waals surface area (Å²) in [6.45, 7) is 4.47. The van der Waals surface area contributed by atoms with Gasteiger partial charge in [0.25, 0.3) is 5.91 Å². The lowest BCUT2D eigenvalue weighted by atomic mass is 9.96. The molecule has 0 aromatic carbocycles. The molecule has 8 nitrogen and oxygen atoms in total. The van der Waals surface area contributed by atoms with Gasteiger partial charge in [0.05, 0.1) is 12.1 Å². The third-order valence-corrected chi connectivity index (χ3v) is 5.67. The Balaban J connectivity index is 1.46. The van der Waals surface area contributed by atoms with E-state index in [1.165, 1.54) is 25.1 Å². The number of likely N-dealkylation sites (tertiary alicyclic amines) is 2. The maximum atomic E-state index is 12.8. The molecular formula is C19H26N6O2. The van der Waals surface area contributed by atoms with E-state index >= 15 is 0 Å². The highest BCUT2D eigenvalue weighted by molar-refractivity contribution is 5.93. The summed E-state index contributed by atoms with van der Waals surface area (Å²) in [6.07, 6.45) is 5.95. The molecule has 1 amide bonds. The monoisotopic (exact) mass is 370 g/mol. The number of H-pyrrole nitrogens is 1. The number of aromatic nitrogens is 4. The largest absolute Gasteiger partial charge is 0.338 e. The molecule has 8 heteroatoms. The van der Waals surface area contributed by atoms with E-state index in [1.807, 2.05) is 11.9 Å². The van der Waals surface area contributed by atoms with Crippen LogP contribution >= 0.6 is 0 Å². The minimum absolute atomic E-state index is 0.0459. The predicted octanol–water partition coefficient (Wildman–Crippen LogP) is 1.12. The average Bonchev–Trinajstić information content (AvgIpc) is 3.33. The molecule has 2 aromatic rings. The third-order valence-electron chi connectivity index (χ3n) is 5.67. The van der Waals surface area contributed by atoms with Gasteiger partial charge in [-0.2, -0.15) is 0 Å². The van der Waals surface area contributed by atoms with Gasteiger partial charge in [0.2, 0.25) is 5.56 Å². The van der Waals surface area contributed by atoms with E-state index in [9.17, 15) is 9.59 Å². The van der Waals surface area contributed by atoms with Crippen LogP contribution in [0.4, 0.5) is 0 Å². The zero-order valence-corrected chi connectivity index (χ0v) is 15.7. The molecule has 0 unspecified atom stereocenters. The number of rotatable bonds is 4. The lowest BCUT2D eigenvalue weighted by Gasteiger charge is -2.32. The van der Waals surface area contributed by atoms with Crippen LogP contribution in [0, 0.1) is 0 Å². The van der Waals surface area contributed by atoms with E-state index in [1.54, 1.807) is 6.07 Å². The smallest absolute Gasteiger partial charge is 0.255 e. The van der Waals surface area contributed by atoms with Crippen LogP contribution in [-0.2, 0) is 13.6 Å². The van der Waals surface area contributed by atoms with E-state index in [0.717, 1.165) is 50.7 Å². The van der Waals surface area contributed by atoms with Gasteiger partial charge in [-0.25, -0.2) is 0 Å². The molecule has 0 bridgehead atoms. The normalized spacial score (nSPS) is 20.9. The summed E-state index contributed by atoms with van der Waals surface area (Å²) < 4.78 is 2.11. The fourth-order valence-electron chi connectivity index (χ4n) is 4.11. The Morgan fingerprint density at radius 3 is 2.74 bits per heavy atom. The van der Waals surface area contributed by atoms with Crippen molar-refractivity contribution in [3.05, 3.63) is 45.9 Å². The molecule has 2 saturated heterocycles. The third kappa shape index (κ3) is 3.80. The average molecular weight is 370 g/mol. The zero-order valence-electron chi connectivity index (χ0n) is 15.7. The van der Waals surface area contributed by atoms with Crippen molar-refractivity contribution < 1.29 is 4.79 Å². The summed E-state index contributed by atoms with van der Waals surface area (Å²) in [5, 5.41) is 8.88. The van der Waals surface area contributed by atoms with Crippen LogP contribution in [0.1, 0.15) is 53.6 Å². The molecule has 2 aromatic heterocycles. The topological polar surface area (TPSA) is 87.1 Å². The van der Waals surface area contributed by atoms with Gasteiger partial charge in [-0.05, 0) is 44.8 Å². The molecule has 0 spiro atoms. The van der Waals surface area contributed by atoms with Gasteiger partial charge in [0.1, 0.15) is 11.6 Å². The summed E-state index contributed by atoms with van der Waals surface area (Å²) >= 11 is 0. The molecule has 1 N–H and O–H groups in total. The lowest BCUT2D eigenvalue weighted by molar-refractivity contribution is 0.0703. The van der Waals surface area contributed by atoms with Gasteiger partial charge in [-0.3, -0.25) is 14.5 Å². The second-order valence-electron chi connectivity index (χ2n) is 7.55. The molecule has 2 aliphatic heterocycles. The van der Waals surface area contributed by atoms with Gasteiger partial charge < -0.3 is 14.5 Å². The molecule has 0 aliphatic carbocycles. The standard InChI is InChI=1S/C19H26N6O2/c1-23-16(13-24-8-2-3-9-24)21-22-18(23)15-5-4-10-25(12-15)19(27)14-6-7-17(26)20-11-14/h6-7,11,15H,2-5,8-10,12-13H2,1H3,(H,20,26)/t15-/m1/s1. The molecule has 27 heavy (non-hydrogen) atoms. The quantitative estimate of drug-likeness (QED) is 0.871. The Morgan fingerprint density at radius 2 is 2.00 bits per heavy atom. The molecule has 144 valence electrons. The lowest BCUT2D eigenvalue weighted by Crippen LogP contribution is -2.40. The van der Waals surface area contributed by atoms with Crippen molar-refractivity contribution in [1.29, 1.82) is 0 Å². The number of nitrogens with zero attached hydrogens (tertiary/aromatic N) is 5. The maximum absolute atomic E-state index is 12.8. The van der Waals surface area contributed by atoms with Crippen molar-refractivity contribution in [3.63, 3.8) is 0 Å². The summed E-state index contributed by atoms with van der Waals surface area (Å²) in [6, 6.07) is 2.98. The van der Waals surface area contributed by atoms with Crippen LogP contribution in [0.25, 0.3) is 0 Å². The SMILES string of the molecule is Cn1c(CN2CCCC2)nnc1[C@@H]1CCCN(C(=O)c2ccc(=O)[nH]c2)C1. The Bertz CT molecular complexity index is 847. The molecule has 2 aliphatic rings. The number of piperidine rings is 1. The molecule has 4 rings (SSSR count). The van der Waals surface area contributed by atoms with Crippen LogP contribution < -0.4 is 5.56 Å². The number of carbonyl (C=O) groups is 1. The van der Waals surface area contributed by atoms with Crippen molar-refractivity contribution in [1.82, 2.24) is 29.5 Å². The van der Waals surface area contributed by atoms with Crippen molar-refractivity contribution in [2.75, 3.05) is 26.2 Å². The highest BCUT2D eigenvalue weighted by Crippen LogP contribution is 2.27. The van der Waals surface area contributed by atoms with E-state index < -0.39 is 0 Å². The Labute approximate surface area is 158 Å². The van der Waals surface area contributed by atoms with E-state index in [4.69, 9.17) is 0 Å². The summed E-state index contributed by atoms with van der Waals surface area (Å²) in [5.41, 5.74) is 0.315. The second-order valence-corrected chi connectivity index (χ2v) is 7.55. The summed E-state index contributed by atoms with van der Waals surface area (Å²) in [5.74, 6) is 2.10. The first-order valence-corrected chi connectivity index (χ1v) is 9.70. The minimum atomic E-state index is -0.201. The summed E-state index contributed by atoms with van der Waals surface area (Å²) in [7, 11) is 2.03. The van der Waals surface area contributed by atoms with Gasteiger partial charge in [0.15, 0.2) is 0 Å².